The van der Waals surface area contributed by atoms with Crippen molar-refractivity contribution in [2.45, 2.75) is 50.7 Å². The van der Waals surface area contributed by atoms with Crippen molar-refractivity contribution in [3.05, 3.63) is 95.8 Å². The SMILES string of the molecule is COc1ccccc1OCC(=O)N(Cc1ccccc1F)[C@@H](Cc1ccccc1)C(=O)NC1CCCC1. The maximum absolute atomic E-state index is 14.7. The molecule has 1 aliphatic rings. The summed E-state index contributed by atoms with van der Waals surface area (Å²) < 4.78 is 25.8. The minimum Gasteiger partial charge on any atom is -0.493 e. The van der Waals surface area contributed by atoms with Crippen LogP contribution < -0.4 is 14.8 Å². The molecule has 37 heavy (non-hydrogen) atoms. The van der Waals surface area contributed by atoms with Crippen LogP contribution in [0.4, 0.5) is 4.39 Å². The molecule has 0 aromatic heterocycles. The number of carbonyl (C=O) groups excluding carboxylic acids is 2. The molecule has 6 nitrogen and oxygen atoms in total. The van der Waals surface area contributed by atoms with Gasteiger partial charge in [-0.25, -0.2) is 4.39 Å². The summed E-state index contributed by atoms with van der Waals surface area (Å²) in [4.78, 5) is 28.7. The number of hydrogen-bond donors (Lipinski definition) is 1. The number of benzene rings is 3. The molecule has 1 atom stereocenters. The zero-order valence-electron chi connectivity index (χ0n) is 21.1. The highest BCUT2D eigenvalue weighted by atomic mass is 19.1. The Kier molecular flexibility index (Phi) is 9.13. The van der Waals surface area contributed by atoms with Gasteiger partial charge < -0.3 is 19.7 Å². The Hall–Kier alpha value is -3.87. The number of amides is 2. The number of hydrogen-bond acceptors (Lipinski definition) is 4. The average molecular weight is 505 g/mol. The van der Waals surface area contributed by atoms with E-state index in [1.807, 2.05) is 30.3 Å². The van der Waals surface area contributed by atoms with Crippen molar-refractivity contribution in [1.29, 1.82) is 0 Å². The summed E-state index contributed by atoms with van der Waals surface area (Å²) in [7, 11) is 1.53. The molecule has 1 fully saturated rings. The zero-order valence-corrected chi connectivity index (χ0v) is 21.1. The lowest BCUT2D eigenvalue weighted by Crippen LogP contribution is -2.53. The Morgan fingerprint density at radius 3 is 2.30 bits per heavy atom. The van der Waals surface area contributed by atoms with Gasteiger partial charge in [-0.05, 0) is 36.6 Å². The quantitative estimate of drug-likeness (QED) is 0.403. The number of ether oxygens (including phenoxy) is 2. The smallest absolute Gasteiger partial charge is 0.261 e. The minimum absolute atomic E-state index is 0.0591. The lowest BCUT2D eigenvalue weighted by Gasteiger charge is -2.32. The van der Waals surface area contributed by atoms with E-state index in [-0.39, 0.29) is 25.1 Å². The first-order chi connectivity index (χ1) is 18.0. The average Bonchev–Trinajstić information content (AvgIpc) is 3.44. The van der Waals surface area contributed by atoms with Crippen LogP contribution >= 0.6 is 0 Å². The summed E-state index contributed by atoms with van der Waals surface area (Å²) in [6.07, 6.45) is 4.27. The molecule has 4 rings (SSSR count). The number of para-hydroxylation sites is 2. The van der Waals surface area contributed by atoms with Crippen LogP contribution in [0.5, 0.6) is 11.5 Å². The van der Waals surface area contributed by atoms with Gasteiger partial charge >= 0.3 is 0 Å². The molecule has 0 spiro atoms. The summed E-state index contributed by atoms with van der Waals surface area (Å²) >= 11 is 0. The largest absolute Gasteiger partial charge is 0.493 e. The minimum atomic E-state index is -0.837. The van der Waals surface area contributed by atoms with E-state index in [2.05, 4.69) is 5.32 Å². The molecule has 2 amide bonds. The monoisotopic (exact) mass is 504 g/mol. The summed E-state index contributed by atoms with van der Waals surface area (Å²) in [6, 6.07) is 22.1. The van der Waals surface area contributed by atoms with E-state index in [4.69, 9.17) is 9.47 Å². The molecule has 3 aromatic rings. The number of halogens is 1. The fourth-order valence-corrected chi connectivity index (χ4v) is 4.69. The lowest BCUT2D eigenvalue weighted by atomic mass is 10.0. The highest BCUT2D eigenvalue weighted by Crippen LogP contribution is 2.26. The summed E-state index contributed by atoms with van der Waals surface area (Å²) in [5.41, 5.74) is 1.24. The lowest BCUT2D eigenvalue weighted by molar-refractivity contribution is -0.143. The van der Waals surface area contributed by atoms with Crippen molar-refractivity contribution in [2.75, 3.05) is 13.7 Å². The molecule has 1 saturated carbocycles. The molecular formula is C30H33FN2O4. The molecule has 0 heterocycles. The van der Waals surface area contributed by atoms with Crippen molar-refractivity contribution >= 4 is 11.8 Å². The molecule has 1 aliphatic carbocycles. The Balaban J connectivity index is 1.63. The number of nitrogens with one attached hydrogen (secondary N) is 1. The zero-order chi connectivity index (χ0) is 26.0. The van der Waals surface area contributed by atoms with E-state index >= 15 is 0 Å². The van der Waals surface area contributed by atoms with E-state index in [0.29, 0.717) is 23.5 Å². The van der Waals surface area contributed by atoms with Gasteiger partial charge in [-0.3, -0.25) is 9.59 Å². The summed E-state index contributed by atoms with van der Waals surface area (Å²) in [5, 5.41) is 3.14. The maximum Gasteiger partial charge on any atom is 0.261 e. The fraction of sp³-hybridized carbons (Fsp3) is 0.333. The molecular weight excluding hydrogens is 471 g/mol. The normalized spacial score (nSPS) is 14.1. The van der Waals surface area contributed by atoms with Gasteiger partial charge in [0.05, 0.1) is 7.11 Å². The van der Waals surface area contributed by atoms with Crippen LogP contribution in [0.15, 0.2) is 78.9 Å². The van der Waals surface area contributed by atoms with E-state index in [1.165, 1.54) is 18.1 Å². The predicted octanol–water partition coefficient (Wildman–Crippen LogP) is 4.91. The predicted molar refractivity (Wildman–Crippen MR) is 140 cm³/mol. The fourth-order valence-electron chi connectivity index (χ4n) is 4.69. The second-order valence-corrected chi connectivity index (χ2v) is 9.25. The van der Waals surface area contributed by atoms with Crippen LogP contribution in [0.2, 0.25) is 0 Å². The Bertz CT molecular complexity index is 1180. The maximum atomic E-state index is 14.7. The number of carbonyl (C=O) groups is 2. The summed E-state index contributed by atoms with van der Waals surface area (Å²) in [6.45, 7) is -0.382. The van der Waals surface area contributed by atoms with Gasteiger partial charge in [-0.1, -0.05) is 73.5 Å². The van der Waals surface area contributed by atoms with Crippen molar-refractivity contribution in [3.8, 4) is 11.5 Å². The highest BCUT2D eigenvalue weighted by Gasteiger charge is 2.33. The second-order valence-electron chi connectivity index (χ2n) is 9.25. The third kappa shape index (κ3) is 7.09. The first-order valence-corrected chi connectivity index (χ1v) is 12.7. The molecule has 194 valence electrons. The number of methoxy groups -OCH3 is 1. The van der Waals surface area contributed by atoms with Gasteiger partial charge in [0.1, 0.15) is 11.9 Å². The molecule has 0 unspecified atom stereocenters. The Morgan fingerprint density at radius 1 is 0.946 bits per heavy atom. The van der Waals surface area contributed by atoms with Crippen LogP contribution in [-0.2, 0) is 22.6 Å². The Morgan fingerprint density at radius 2 is 1.59 bits per heavy atom. The first kappa shape index (κ1) is 26.2. The van der Waals surface area contributed by atoms with Gasteiger partial charge in [-0.15, -0.1) is 0 Å². The standard InChI is InChI=1S/C30H33FN2O4/c1-36-27-17-9-10-18-28(27)37-21-29(34)33(20-23-13-5-8-16-25(23)31)26(19-22-11-3-2-4-12-22)30(35)32-24-14-6-7-15-24/h2-5,8-13,16-18,24,26H,6-7,14-15,19-21H2,1H3,(H,32,35)/t26-/m0/s1. The van der Waals surface area contributed by atoms with Crippen molar-refractivity contribution in [1.82, 2.24) is 10.2 Å². The first-order valence-electron chi connectivity index (χ1n) is 12.7. The van der Waals surface area contributed by atoms with Crippen LogP contribution in [0.1, 0.15) is 36.8 Å². The van der Waals surface area contributed by atoms with Crippen LogP contribution in [0, 0.1) is 5.82 Å². The van der Waals surface area contributed by atoms with Gasteiger partial charge in [0.2, 0.25) is 5.91 Å². The molecule has 1 N–H and O–H groups in total. The second kappa shape index (κ2) is 12.9. The molecule has 7 heteroatoms. The molecule has 0 saturated heterocycles. The molecule has 0 aliphatic heterocycles. The van der Waals surface area contributed by atoms with Gasteiger partial charge in [0.15, 0.2) is 18.1 Å². The van der Waals surface area contributed by atoms with Crippen molar-refractivity contribution in [2.24, 2.45) is 0 Å². The Labute approximate surface area is 217 Å². The van der Waals surface area contributed by atoms with Crippen molar-refractivity contribution < 1.29 is 23.5 Å². The molecule has 0 bridgehead atoms. The van der Waals surface area contributed by atoms with E-state index in [9.17, 15) is 14.0 Å². The van der Waals surface area contributed by atoms with E-state index in [1.54, 1.807) is 42.5 Å². The van der Waals surface area contributed by atoms with Gasteiger partial charge in [-0.2, -0.15) is 0 Å². The van der Waals surface area contributed by atoms with Crippen LogP contribution in [-0.4, -0.2) is 42.5 Å². The van der Waals surface area contributed by atoms with E-state index in [0.717, 1.165) is 31.2 Å². The van der Waals surface area contributed by atoms with Gasteiger partial charge in [0.25, 0.3) is 5.91 Å². The highest BCUT2D eigenvalue weighted by molar-refractivity contribution is 5.88. The van der Waals surface area contributed by atoms with Gasteiger partial charge in [0, 0.05) is 24.6 Å². The number of nitrogens with zero attached hydrogens (tertiary/aromatic N) is 1. The van der Waals surface area contributed by atoms with Crippen LogP contribution in [0.25, 0.3) is 0 Å². The third-order valence-electron chi connectivity index (χ3n) is 6.69. The third-order valence-corrected chi connectivity index (χ3v) is 6.69. The molecule has 3 aromatic carbocycles. The van der Waals surface area contributed by atoms with Crippen LogP contribution in [0.3, 0.4) is 0 Å². The number of rotatable bonds is 11. The summed E-state index contributed by atoms with van der Waals surface area (Å²) in [5.74, 6) is -0.176. The van der Waals surface area contributed by atoms with E-state index < -0.39 is 17.8 Å². The van der Waals surface area contributed by atoms with Crippen molar-refractivity contribution in [3.63, 3.8) is 0 Å². The topological polar surface area (TPSA) is 67.9 Å². The molecule has 0 radical (unpaired) electrons.